The van der Waals surface area contributed by atoms with Crippen molar-refractivity contribution in [2.45, 2.75) is 46.1 Å². The van der Waals surface area contributed by atoms with Gasteiger partial charge in [-0.1, -0.05) is 38.8 Å². The molecule has 1 atom stereocenters. The molecule has 1 aromatic carbocycles. The first-order chi connectivity index (χ1) is 9.50. The van der Waals surface area contributed by atoms with Crippen LogP contribution in [0.3, 0.4) is 0 Å². The second kappa shape index (κ2) is 6.35. The highest BCUT2D eigenvalue weighted by molar-refractivity contribution is 7.71. The first kappa shape index (κ1) is 15.0. The molecule has 2 rings (SSSR count). The van der Waals surface area contributed by atoms with Crippen molar-refractivity contribution in [1.29, 1.82) is 0 Å². The maximum Gasteiger partial charge on any atom is 0.262 e. The summed E-state index contributed by atoms with van der Waals surface area (Å²) in [7, 11) is 0. The van der Waals surface area contributed by atoms with Gasteiger partial charge in [-0.25, -0.2) is 0 Å². The summed E-state index contributed by atoms with van der Waals surface area (Å²) < 4.78 is 2.24. The summed E-state index contributed by atoms with van der Waals surface area (Å²) in [6.07, 6.45) is 3.28. The molecule has 0 unspecified atom stereocenters. The monoisotopic (exact) mass is 290 g/mol. The first-order valence-electron chi connectivity index (χ1n) is 7.24. The summed E-state index contributed by atoms with van der Waals surface area (Å²) in [6.45, 7) is 6.51. The Morgan fingerprint density at radius 2 is 1.90 bits per heavy atom. The molecule has 3 nitrogen and oxygen atoms in total. The minimum absolute atomic E-state index is 0.0152. The highest BCUT2D eigenvalue weighted by Gasteiger charge is 2.11. The van der Waals surface area contributed by atoms with Crippen LogP contribution < -0.4 is 5.56 Å². The Morgan fingerprint density at radius 3 is 2.60 bits per heavy atom. The predicted molar refractivity (Wildman–Crippen MR) is 86.8 cm³/mol. The summed E-state index contributed by atoms with van der Waals surface area (Å²) in [5.41, 5.74) is 0.828. The molecular weight excluding hydrogens is 268 g/mol. The lowest BCUT2D eigenvalue weighted by molar-refractivity contribution is 0.434. The lowest BCUT2D eigenvalue weighted by Gasteiger charge is -2.16. The van der Waals surface area contributed by atoms with Gasteiger partial charge in [-0.15, -0.1) is 0 Å². The molecular formula is C16H22N2OS. The zero-order valence-corrected chi connectivity index (χ0v) is 13.2. The first-order valence-corrected chi connectivity index (χ1v) is 7.65. The van der Waals surface area contributed by atoms with Crippen LogP contribution in [-0.4, -0.2) is 9.55 Å². The van der Waals surface area contributed by atoms with Crippen LogP contribution in [0.25, 0.3) is 10.9 Å². The van der Waals surface area contributed by atoms with Crippen LogP contribution in [0.1, 0.15) is 46.1 Å². The fraction of sp³-hybridized carbons (Fsp3) is 0.500. The Labute approximate surface area is 124 Å². The van der Waals surface area contributed by atoms with Gasteiger partial charge in [0.05, 0.1) is 10.9 Å². The molecule has 0 saturated heterocycles. The van der Waals surface area contributed by atoms with Crippen LogP contribution in [0.4, 0.5) is 0 Å². The van der Waals surface area contributed by atoms with Gasteiger partial charge in [0.1, 0.15) is 0 Å². The largest absolute Gasteiger partial charge is 0.332 e. The van der Waals surface area contributed by atoms with Crippen molar-refractivity contribution in [1.82, 2.24) is 9.55 Å². The van der Waals surface area contributed by atoms with E-state index in [2.05, 4.69) is 25.8 Å². The molecule has 20 heavy (non-hydrogen) atoms. The highest BCUT2D eigenvalue weighted by Crippen LogP contribution is 2.17. The van der Waals surface area contributed by atoms with E-state index in [1.165, 1.54) is 6.42 Å². The van der Waals surface area contributed by atoms with E-state index in [1.807, 2.05) is 24.3 Å². The van der Waals surface area contributed by atoms with Crippen molar-refractivity contribution in [3.63, 3.8) is 0 Å². The van der Waals surface area contributed by atoms with Gasteiger partial charge in [0.25, 0.3) is 5.56 Å². The third kappa shape index (κ3) is 3.18. The van der Waals surface area contributed by atoms with Crippen molar-refractivity contribution in [2.75, 3.05) is 0 Å². The molecule has 4 heteroatoms. The Bertz CT molecular complexity index is 699. The van der Waals surface area contributed by atoms with E-state index >= 15 is 0 Å². The van der Waals surface area contributed by atoms with Gasteiger partial charge >= 0.3 is 0 Å². The average molecular weight is 290 g/mol. The molecule has 1 N–H and O–H groups in total. The molecule has 0 aliphatic carbocycles. The third-order valence-electron chi connectivity index (χ3n) is 3.68. The van der Waals surface area contributed by atoms with Gasteiger partial charge in [-0.05, 0) is 43.6 Å². The quantitative estimate of drug-likeness (QED) is 0.826. The summed E-state index contributed by atoms with van der Waals surface area (Å²) in [6, 6.07) is 7.66. The second-order valence-corrected chi connectivity index (χ2v) is 6.21. The van der Waals surface area contributed by atoms with E-state index in [0.29, 0.717) is 16.1 Å². The SMILES string of the molecule is CC(C)CCC[C@@H](C)n1c(=S)[nH]c2ccccc2c1=O. The number of fused-ring (bicyclic) bond motifs is 1. The van der Waals surface area contributed by atoms with E-state index in [4.69, 9.17) is 12.2 Å². The number of hydrogen-bond donors (Lipinski definition) is 1. The topological polar surface area (TPSA) is 37.8 Å². The van der Waals surface area contributed by atoms with E-state index in [1.54, 1.807) is 4.57 Å². The second-order valence-electron chi connectivity index (χ2n) is 5.82. The number of aromatic amines is 1. The number of para-hydroxylation sites is 1. The molecule has 0 bridgehead atoms. The maximum atomic E-state index is 12.6. The van der Waals surface area contributed by atoms with Crippen LogP contribution in [0.5, 0.6) is 0 Å². The number of nitrogens with zero attached hydrogens (tertiary/aromatic N) is 1. The number of hydrogen-bond acceptors (Lipinski definition) is 2. The van der Waals surface area contributed by atoms with Crippen LogP contribution in [0.2, 0.25) is 0 Å². The van der Waals surface area contributed by atoms with Gasteiger partial charge in [-0.2, -0.15) is 0 Å². The smallest absolute Gasteiger partial charge is 0.262 e. The molecule has 0 spiro atoms. The van der Waals surface area contributed by atoms with Crippen molar-refractivity contribution in [2.24, 2.45) is 5.92 Å². The summed E-state index contributed by atoms with van der Waals surface area (Å²) in [5, 5.41) is 0.705. The molecule has 0 aliphatic rings. The fourth-order valence-corrected chi connectivity index (χ4v) is 2.90. The van der Waals surface area contributed by atoms with Gasteiger partial charge in [0.15, 0.2) is 4.77 Å². The minimum atomic E-state index is 0.0152. The molecule has 0 amide bonds. The molecule has 0 aliphatic heterocycles. The normalized spacial score (nSPS) is 13.0. The Hall–Kier alpha value is -1.42. The third-order valence-corrected chi connectivity index (χ3v) is 3.98. The number of benzene rings is 1. The zero-order chi connectivity index (χ0) is 14.7. The van der Waals surface area contributed by atoms with Crippen LogP contribution >= 0.6 is 12.2 Å². The molecule has 0 saturated carbocycles. The molecule has 0 radical (unpaired) electrons. The molecule has 0 fully saturated rings. The predicted octanol–water partition coefficient (Wildman–Crippen LogP) is 4.45. The molecule has 2 aromatic rings. The molecule has 108 valence electrons. The van der Waals surface area contributed by atoms with E-state index < -0.39 is 0 Å². The Morgan fingerprint density at radius 1 is 1.20 bits per heavy atom. The molecule has 1 aromatic heterocycles. The lowest BCUT2D eigenvalue weighted by atomic mass is 10.0. The standard InChI is InChI=1S/C16H22N2OS/c1-11(2)7-6-8-12(3)18-15(19)13-9-4-5-10-14(13)17-16(18)20/h4-5,9-12H,6-8H2,1-3H3,(H,17,20)/t12-/m1/s1. The number of rotatable bonds is 5. The van der Waals surface area contributed by atoms with E-state index in [-0.39, 0.29) is 11.6 Å². The summed E-state index contributed by atoms with van der Waals surface area (Å²) in [5.74, 6) is 0.699. The maximum absolute atomic E-state index is 12.6. The van der Waals surface area contributed by atoms with Crippen LogP contribution in [0.15, 0.2) is 29.1 Å². The zero-order valence-electron chi connectivity index (χ0n) is 12.3. The van der Waals surface area contributed by atoms with Gasteiger partial charge in [0, 0.05) is 6.04 Å². The summed E-state index contributed by atoms with van der Waals surface area (Å²) in [4.78, 5) is 15.7. The van der Waals surface area contributed by atoms with Gasteiger partial charge < -0.3 is 4.98 Å². The van der Waals surface area contributed by atoms with Crippen molar-refractivity contribution in [3.8, 4) is 0 Å². The van der Waals surface area contributed by atoms with Gasteiger partial charge in [-0.3, -0.25) is 9.36 Å². The van der Waals surface area contributed by atoms with Crippen molar-refractivity contribution < 1.29 is 0 Å². The number of aromatic nitrogens is 2. The Balaban J connectivity index is 2.34. The lowest BCUT2D eigenvalue weighted by Crippen LogP contribution is -2.25. The van der Waals surface area contributed by atoms with Gasteiger partial charge in [0.2, 0.25) is 0 Å². The van der Waals surface area contributed by atoms with E-state index in [0.717, 1.165) is 18.4 Å². The number of H-pyrrole nitrogens is 1. The summed E-state index contributed by atoms with van der Waals surface area (Å²) >= 11 is 5.35. The van der Waals surface area contributed by atoms with Crippen molar-refractivity contribution in [3.05, 3.63) is 39.4 Å². The van der Waals surface area contributed by atoms with Crippen LogP contribution in [0, 0.1) is 10.7 Å². The van der Waals surface area contributed by atoms with E-state index in [9.17, 15) is 4.79 Å². The van der Waals surface area contributed by atoms with Crippen LogP contribution in [-0.2, 0) is 0 Å². The fourth-order valence-electron chi connectivity index (χ4n) is 2.53. The average Bonchev–Trinajstić information content (AvgIpc) is 2.38. The van der Waals surface area contributed by atoms with Crippen molar-refractivity contribution >= 4 is 23.1 Å². The Kier molecular flexibility index (Phi) is 4.76. The highest BCUT2D eigenvalue weighted by atomic mass is 32.1. The molecule has 1 heterocycles. The minimum Gasteiger partial charge on any atom is -0.332 e. The number of nitrogens with one attached hydrogen (secondary N) is 1.